The number of hydrogen-bond donors (Lipinski definition) is 3. The quantitative estimate of drug-likeness (QED) is 0.635. The summed E-state index contributed by atoms with van der Waals surface area (Å²) in [6.45, 7) is 1.19. The predicted molar refractivity (Wildman–Crippen MR) is 95.2 cm³/mol. The molecule has 3 heterocycles. The molecule has 0 atom stereocenters. The van der Waals surface area contributed by atoms with Crippen LogP contribution in [0.4, 0.5) is 5.69 Å². The van der Waals surface area contributed by atoms with E-state index in [9.17, 15) is 9.90 Å². The molecule has 10 heteroatoms. The number of aromatic amines is 1. The first kappa shape index (κ1) is 17.3. The number of carboxylic acids is 1. The summed E-state index contributed by atoms with van der Waals surface area (Å²) in [5, 5.41) is 27.1. The summed E-state index contributed by atoms with van der Waals surface area (Å²) in [7, 11) is 1.86. The molecule has 144 valence electrons. The molecule has 10 nitrogen and oxygen atoms in total. The van der Waals surface area contributed by atoms with Gasteiger partial charge in [-0.2, -0.15) is 5.10 Å². The number of carbonyl (C=O) groups is 1. The second-order valence-electron chi connectivity index (χ2n) is 6.83. The summed E-state index contributed by atoms with van der Waals surface area (Å²) in [6.07, 6.45) is 3.69. The van der Waals surface area contributed by atoms with Gasteiger partial charge in [-0.1, -0.05) is 5.33 Å². The SMILES string of the molecule is Cn1nc(-n2cco[nH]o2)c2ccc(N3CCC(O)(CC(=O)O)CC3)cc21. The number of anilines is 1. The number of aryl methyl sites for hydroxylation is 1. The number of piperidine rings is 1. The first-order chi connectivity index (χ1) is 13.0. The van der Waals surface area contributed by atoms with Crippen molar-refractivity contribution in [2.45, 2.75) is 24.9 Å². The highest BCUT2D eigenvalue weighted by molar-refractivity contribution is 5.89. The van der Waals surface area contributed by atoms with Crippen molar-refractivity contribution in [2.75, 3.05) is 18.0 Å². The summed E-state index contributed by atoms with van der Waals surface area (Å²) in [5.74, 6) is -0.343. The smallest absolute Gasteiger partial charge is 0.306 e. The third-order valence-corrected chi connectivity index (χ3v) is 5.01. The molecular formula is C17H21N5O5. The fourth-order valence-electron chi connectivity index (χ4n) is 3.54. The predicted octanol–water partition coefficient (Wildman–Crippen LogP) is 1.81. The average Bonchev–Trinajstić information content (AvgIpc) is 2.98. The van der Waals surface area contributed by atoms with E-state index in [2.05, 4.69) is 15.3 Å². The first-order valence-corrected chi connectivity index (χ1v) is 8.65. The zero-order valence-electron chi connectivity index (χ0n) is 14.8. The van der Waals surface area contributed by atoms with Crippen molar-refractivity contribution in [1.82, 2.24) is 19.8 Å². The summed E-state index contributed by atoms with van der Waals surface area (Å²) in [6, 6.07) is 6.00. The van der Waals surface area contributed by atoms with Crippen molar-refractivity contribution >= 4 is 22.6 Å². The number of rotatable bonds is 4. The standard InChI is InChI=1S/C17H21N5O5/c1-20-14-10-12(21-6-4-17(25,5-7-21)11-15(23)24)2-3-13(14)16(18-20)22-8-9-26-19-27-22/h2-3,8-10,19,25H,4-7,11H2,1H3,(H,23,24). The third kappa shape index (κ3) is 3.31. The Morgan fingerprint density at radius 1 is 1.37 bits per heavy atom. The van der Waals surface area contributed by atoms with Crippen LogP contribution >= 0.6 is 0 Å². The minimum atomic E-state index is -1.13. The number of fused-ring (bicyclic) bond motifs is 1. The normalized spacial score (nSPS) is 16.6. The monoisotopic (exact) mass is 375 g/mol. The molecule has 4 rings (SSSR count). The fraction of sp³-hybridized carbons (Fsp3) is 0.412. The third-order valence-electron chi connectivity index (χ3n) is 5.01. The topological polar surface area (TPSA) is 126 Å². The van der Waals surface area contributed by atoms with Crippen LogP contribution in [0, 0.1) is 0 Å². The van der Waals surface area contributed by atoms with Crippen LogP contribution in [0.2, 0.25) is 0 Å². The van der Waals surface area contributed by atoms with Gasteiger partial charge in [0.25, 0.3) is 0 Å². The van der Waals surface area contributed by atoms with Gasteiger partial charge in [0.2, 0.25) is 5.82 Å². The number of carboxylic acid groups (broad SMARTS) is 1. The number of aliphatic carboxylic acids is 1. The second kappa shape index (κ2) is 6.54. The van der Waals surface area contributed by atoms with Crippen molar-refractivity contribution < 1.29 is 24.2 Å². The Labute approximate surface area is 153 Å². The Morgan fingerprint density at radius 3 is 2.81 bits per heavy atom. The molecule has 1 saturated heterocycles. The molecule has 0 amide bonds. The number of hydrogen-bond acceptors (Lipinski definition) is 6. The molecule has 0 spiro atoms. The highest BCUT2D eigenvalue weighted by Crippen LogP contribution is 2.31. The average molecular weight is 375 g/mol. The van der Waals surface area contributed by atoms with Crippen LogP contribution in [-0.4, -0.2) is 54.7 Å². The van der Waals surface area contributed by atoms with E-state index in [0.717, 1.165) is 16.6 Å². The number of H-pyrrole nitrogens is 1. The molecule has 0 unspecified atom stereocenters. The minimum absolute atomic E-state index is 0.216. The molecule has 27 heavy (non-hydrogen) atoms. The van der Waals surface area contributed by atoms with Gasteiger partial charge in [0.15, 0.2) is 0 Å². The molecule has 3 N–H and O–H groups in total. The number of nitrogens with zero attached hydrogens (tertiary/aromatic N) is 4. The lowest BCUT2D eigenvalue weighted by molar-refractivity contribution is -0.143. The Kier molecular flexibility index (Phi) is 4.19. The number of nitrogens with one attached hydrogen (secondary N) is 1. The zero-order chi connectivity index (χ0) is 19.0. The van der Waals surface area contributed by atoms with E-state index in [-0.39, 0.29) is 6.42 Å². The van der Waals surface area contributed by atoms with Crippen LogP contribution in [0.3, 0.4) is 0 Å². The molecule has 1 aromatic carbocycles. The molecule has 0 radical (unpaired) electrons. The minimum Gasteiger partial charge on any atom is -0.481 e. The highest BCUT2D eigenvalue weighted by atomic mass is 16.7. The Morgan fingerprint density at radius 2 is 2.15 bits per heavy atom. The molecule has 0 bridgehead atoms. The van der Waals surface area contributed by atoms with E-state index in [0.29, 0.717) is 31.7 Å². The van der Waals surface area contributed by atoms with E-state index in [4.69, 9.17) is 14.3 Å². The van der Waals surface area contributed by atoms with Gasteiger partial charge in [-0.15, -0.1) is 4.74 Å². The maximum atomic E-state index is 10.9. The molecular weight excluding hydrogens is 354 g/mol. The summed E-state index contributed by atoms with van der Waals surface area (Å²) in [4.78, 5) is 13.1. The number of aliphatic hydroxyl groups is 1. The molecule has 0 aliphatic carbocycles. The van der Waals surface area contributed by atoms with Gasteiger partial charge in [0, 0.05) is 31.2 Å². The number of benzene rings is 1. The molecule has 0 saturated carbocycles. The maximum absolute atomic E-state index is 10.9. The summed E-state index contributed by atoms with van der Waals surface area (Å²) in [5.41, 5.74) is 0.808. The van der Waals surface area contributed by atoms with Crippen LogP contribution < -0.4 is 4.90 Å². The Hall–Kier alpha value is -3.14. The van der Waals surface area contributed by atoms with E-state index >= 15 is 0 Å². The van der Waals surface area contributed by atoms with E-state index < -0.39 is 11.6 Å². The van der Waals surface area contributed by atoms with Crippen LogP contribution in [0.5, 0.6) is 0 Å². The second-order valence-corrected chi connectivity index (χ2v) is 6.83. The number of aromatic nitrogens is 4. The van der Waals surface area contributed by atoms with Gasteiger partial charge in [-0.3, -0.25) is 14.1 Å². The van der Waals surface area contributed by atoms with Crippen molar-refractivity contribution in [3.8, 4) is 5.82 Å². The lowest BCUT2D eigenvalue weighted by atomic mass is 9.88. The van der Waals surface area contributed by atoms with E-state index in [1.54, 1.807) is 10.9 Å². The Bertz CT molecular complexity index is 982. The molecule has 1 aliphatic heterocycles. The van der Waals surface area contributed by atoms with Crippen LogP contribution in [0.15, 0.2) is 39.8 Å². The van der Waals surface area contributed by atoms with Gasteiger partial charge < -0.3 is 19.6 Å². The van der Waals surface area contributed by atoms with Gasteiger partial charge in [-0.05, 0) is 31.0 Å². The summed E-state index contributed by atoms with van der Waals surface area (Å²) < 4.78 is 13.2. The lowest BCUT2D eigenvalue weighted by Crippen LogP contribution is -2.45. The van der Waals surface area contributed by atoms with Crippen molar-refractivity contribution in [2.24, 2.45) is 7.05 Å². The highest BCUT2D eigenvalue weighted by Gasteiger charge is 2.34. The molecule has 1 aliphatic rings. The van der Waals surface area contributed by atoms with E-state index in [1.807, 2.05) is 25.2 Å². The molecule has 3 aromatic rings. The van der Waals surface area contributed by atoms with Crippen LogP contribution in [0.1, 0.15) is 19.3 Å². The van der Waals surface area contributed by atoms with Crippen LogP contribution in [0.25, 0.3) is 16.7 Å². The van der Waals surface area contributed by atoms with Crippen molar-refractivity contribution in [3.05, 3.63) is 30.7 Å². The van der Waals surface area contributed by atoms with Crippen molar-refractivity contribution in [1.29, 1.82) is 0 Å². The molecule has 1 fully saturated rings. The lowest BCUT2D eigenvalue weighted by Gasteiger charge is -2.38. The first-order valence-electron chi connectivity index (χ1n) is 8.65. The van der Waals surface area contributed by atoms with Gasteiger partial charge >= 0.3 is 5.97 Å². The maximum Gasteiger partial charge on any atom is 0.306 e. The molecule has 2 aromatic heterocycles. The Balaban J connectivity index is 1.60. The largest absolute Gasteiger partial charge is 0.481 e. The zero-order valence-corrected chi connectivity index (χ0v) is 14.8. The van der Waals surface area contributed by atoms with Gasteiger partial charge in [-0.25, -0.2) is 0 Å². The van der Waals surface area contributed by atoms with E-state index in [1.165, 1.54) is 11.0 Å². The fourth-order valence-corrected chi connectivity index (χ4v) is 3.54. The van der Waals surface area contributed by atoms with Gasteiger partial charge in [0.05, 0.1) is 23.7 Å². The summed E-state index contributed by atoms with van der Waals surface area (Å²) >= 11 is 0. The van der Waals surface area contributed by atoms with Crippen LogP contribution in [-0.2, 0) is 11.8 Å². The van der Waals surface area contributed by atoms with Crippen molar-refractivity contribution in [3.63, 3.8) is 0 Å². The van der Waals surface area contributed by atoms with Gasteiger partial charge in [0.1, 0.15) is 6.26 Å².